The van der Waals surface area contributed by atoms with Crippen molar-refractivity contribution < 1.29 is 15.0 Å². The Balaban J connectivity index is 3.02. The van der Waals surface area contributed by atoms with Crippen LogP contribution >= 0.6 is 0 Å². The van der Waals surface area contributed by atoms with Crippen molar-refractivity contribution in [3.05, 3.63) is 58.7 Å². The number of carboxylic acid groups (broad SMARTS) is 1. The van der Waals surface area contributed by atoms with Gasteiger partial charge in [-0.15, -0.1) is 0 Å². The summed E-state index contributed by atoms with van der Waals surface area (Å²) in [4.78, 5) is 11.9. The molecule has 0 bridgehead atoms. The molecule has 150 valence electrons. The van der Waals surface area contributed by atoms with Crippen LogP contribution in [0.25, 0.3) is 16.7 Å². The first-order valence-electron chi connectivity index (χ1n) is 9.56. The molecular weight excluding hydrogens is 348 g/mol. The van der Waals surface area contributed by atoms with Crippen molar-refractivity contribution in [2.24, 2.45) is 0 Å². The third-order valence-corrected chi connectivity index (χ3v) is 5.00. The van der Waals surface area contributed by atoms with E-state index in [-0.39, 0.29) is 22.2 Å². The smallest absolute Gasteiger partial charge is 0.335 e. The Kier molecular flexibility index (Phi) is 5.53. The number of carboxylic acids is 1. The summed E-state index contributed by atoms with van der Waals surface area (Å²) in [5.74, 6) is -0.859. The van der Waals surface area contributed by atoms with E-state index in [0.29, 0.717) is 16.7 Å². The van der Waals surface area contributed by atoms with Crippen molar-refractivity contribution in [2.75, 3.05) is 0 Å². The maximum atomic E-state index is 11.9. The molecule has 0 fully saturated rings. The molecule has 0 aliphatic heterocycles. The SMILES string of the molecule is C=C(C(=O)O)c1c(-c2cc(C)cc(C(C)(C)C)c2O)cc(C)cc1C(C)(C)C. The minimum absolute atomic E-state index is 0.0399. The summed E-state index contributed by atoms with van der Waals surface area (Å²) in [6.45, 7) is 20.2. The minimum Gasteiger partial charge on any atom is -0.507 e. The second kappa shape index (κ2) is 7.12. The summed E-state index contributed by atoms with van der Waals surface area (Å²) in [5.41, 5.74) is 5.25. The van der Waals surface area contributed by atoms with Crippen molar-refractivity contribution in [2.45, 2.75) is 66.2 Å². The number of phenolic OH excluding ortho intramolecular Hbond substituents is 1. The molecule has 0 aliphatic carbocycles. The van der Waals surface area contributed by atoms with Gasteiger partial charge in [0, 0.05) is 16.7 Å². The fourth-order valence-corrected chi connectivity index (χ4v) is 3.58. The van der Waals surface area contributed by atoms with Crippen LogP contribution in [0.4, 0.5) is 0 Å². The number of carbonyl (C=O) groups is 1. The lowest BCUT2D eigenvalue weighted by Crippen LogP contribution is -2.17. The van der Waals surface area contributed by atoms with Crippen LogP contribution < -0.4 is 0 Å². The summed E-state index contributed by atoms with van der Waals surface area (Å²) in [7, 11) is 0. The van der Waals surface area contributed by atoms with Crippen molar-refractivity contribution in [1.82, 2.24) is 0 Å². The third-order valence-electron chi connectivity index (χ3n) is 5.00. The van der Waals surface area contributed by atoms with E-state index in [0.717, 1.165) is 22.3 Å². The van der Waals surface area contributed by atoms with E-state index in [2.05, 4.69) is 48.1 Å². The molecule has 2 N–H and O–H groups in total. The van der Waals surface area contributed by atoms with Gasteiger partial charge in [-0.3, -0.25) is 0 Å². The molecule has 0 atom stereocenters. The van der Waals surface area contributed by atoms with Gasteiger partial charge >= 0.3 is 5.97 Å². The number of phenols is 1. The molecule has 2 rings (SSSR count). The van der Waals surface area contributed by atoms with Crippen molar-refractivity contribution >= 4 is 11.5 Å². The molecule has 3 nitrogen and oxygen atoms in total. The maximum Gasteiger partial charge on any atom is 0.335 e. The quantitative estimate of drug-likeness (QED) is 0.608. The number of aromatic hydroxyl groups is 1. The molecule has 2 aromatic rings. The molecule has 28 heavy (non-hydrogen) atoms. The van der Waals surface area contributed by atoms with E-state index < -0.39 is 5.97 Å². The fourth-order valence-electron chi connectivity index (χ4n) is 3.58. The Bertz CT molecular complexity index is 951. The zero-order chi connectivity index (χ0) is 21.6. The molecule has 2 aromatic carbocycles. The van der Waals surface area contributed by atoms with Crippen LogP contribution in [0.1, 0.15) is 69.4 Å². The number of benzene rings is 2. The van der Waals surface area contributed by atoms with E-state index in [4.69, 9.17) is 0 Å². The molecule has 0 unspecified atom stereocenters. The second-order valence-corrected chi connectivity index (χ2v) is 9.73. The average molecular weight is 381 g/mol. The Hall–Kier alpha value is -2.55. The summed E-state index contributed by atoms with van der Waals surface area (Å²) in [6.07, 6.45) is 0. The summed E-state index contributed by atoms with van der Waals surface area (Å²) >= 11 is 0. The third kappa shape index (κ3) is 4.14. The van der Waals surface area contributed by atoms with Gasteiger partial charge in [0.25, 0.3) is 0 Å². The maximum absolute atomic E-state index is 11.9. The molecule has 0 aliphatic rings. The van der Waals surface area contributed by atoms with E-state index in [9.17, 15) is 15.0 Å². The van der Waals surface area contributed by atoms with Crippen LogP contribution in [-0.2, 0) is 15.6 Å². The highest BCUT2D eigenvalue weighted by molar-refractivity contribution is 6.17. The first kappa shape index (κ1) is 21.7. The molecule has 0 saturated carbocycles. The van der Waals surface area contributed by atoms with Crippen molar-refractivity contribution in [3.8, 4) is 16.9 Å². The van der Waals surface area contributed by atoms with Gasteiger partial charge in [-0.05, 0) is 47.4 Å². The number of rotatable bonds is 3. The van der Waals surface area contributed by atoms with E-state index in [1.165, 1.54) is 0 Å². The van der Waals surface area contributed by atoms with E-state index in [1.54, 1.807) is 0 Å². The van der Waals surface area contributed by atoms with Gasteiger partial charge in [-0.1, -0.05) is 71.9 Å². The fraction of sp³-hybridized carbons (Fsp3) is 0.400. The van der Waals surface area contributed by atoms with Crippen molar-refractivity contribution in [1.29, 1.82) is 0 Å². The molecular formula is C25H32O3. The number of hydrogen-bond acceptors (Lipinski definition) is 2. The topological polar surface area (TPSA) is 57.5 Å². The highest BCUT2D eigenvalue weighted by Crippen LogP contribution is 2.44. The van der Waals surface area contributed by atoms with Crippen LogP contribution in [-0.4, -0.2) is 16.2 Å². The average Bonchev–Trinajstić information content (AvgIpc) is 2.53. The number of aryl methyl sites for hydroxylation is 2. The first-order valence-corrected chi connectivity index (χ1v) is 9.56. The zero-order valence-corrected chi connectivity index (χ0v) is 18.3. The summed E-state index contributed by atoms with van der Waals surface area (Å²) < 4.78 is 0. The normalized spacial score (nSPS) is 12.1. The van der Waals surface area contributed by atoms with Gasteiger partial charge < -0.3 is 10.2 Å². The van der Waals surface area contributed by atoms with Gasteiger partial charge in [0.2, 0.25) is 0 Å². The standard InChI is InChI=1S/C25H32O3/c1-14-10-17(18-11-15(2)13-20(22(18)26)25(7,8)9)21(16(3)23(27)28)19(12-14)24(4,5)6/h10-13,26H,3H2,1-2,4-9H3,(H,27,28). The Labute approximate surface area is 168 Å². The van der Waals surface area contributed by atoms with Crippen LogP contribution in [0.3, 0.4) is 0 Å². The highest BCUT2D eigenvalue weighted by atomic mass is 16.4. The zero-order valence-electron chi connectivity index (χ0n) is 18.3. The highest BCUT2D eigenvalue weighted by Gasteiger charge is 2.28. The van der Waals surface area contributed by atoms with E-state index >= 15 is 0 Å². The molecule has 0 saturated heterocycles. The number of hydrogen-bond donors (Lipinski definition) is 2. The van der Waals surface area contributed by atoms with Crippen LogP contribution in [0, 0.1) is 13.8 Å². The minimum atomic E-state index is -1.06. The van der Waals surface area contributed by atoms with Crippen LogP contribution in [0.5, 0.6) is 5.75 Å². The first-order chi connectivity index (χ1) is 12.6. The second-order valence-electron chi connectivity index (χ2n) is 9.73. The van der Waals surface area contributed by atoms with E-state index in [1.807, 2.05) is 38.1 Å². The Morgan fingerprint density at radius 2 is 1.25 bits per heavy atom. The van der Waals surface area contributed by atoms with Gasteiger partial charge in [-0.2, -0.15) is 0 Å². The lowest BCUT2D eigenvalue weighted by molar-refractivity contribution is -0.130. The summed E-state index contributed by atoms with van der Waals surface area (Å²) in [6, 6.07) is 7.87. The Morgan fingerprint density at radius 3 is 1.68 bits per heavy atom. The molecule has 0 amide bonds. The lowest BCUT2D eigenvalue weighted by Gasteiger charge is -2.28. The van der Waals surface area contributed by atoms with Crippen LogP contribution in [0.15, 0.2) is 30.8 Å². The van der Waals surface area contributed by atoms with Gasteiger partial charge in [0.1, 0.15) is 5.75 Å². The monoisotopic (exact) mass is 380 g/mol. The molecule has 0 radical (unpaired) electrons. The Morgan fingerprint density at radius 1 is 0.821 bits per heavy atom. The predicted octanol–water partition coefficient (Wildman–Crippen LogP) is 6.37. The molecule has 0 heterocycles. The van der Waals surface area contributed by atoms with Crippen molar-refractivity contribution in [3.63, 3.8) is 0 Å². The summed E-state index contributed by atoms with van der Waals surface area (Å²) in [5, 5.41) is 20.9. The molecule has 0 spiro atoms. The van der Waals surface area contributed by atoms with Gasteiger partial charge in [0.05, 0.1) is 5.57 Å². The molecule has 0 aromatic heterocycles. The van der Waals surface area contributed by atoms with Gasteiger partial charge in [-0.25, -0.2) is 4.79 Å². The number of aliphatic carboxylic acids is 1. The lowest BCUT2D eigenvalue weighted by atomic mass is 9.76. The predicted molar refractivity (Wildman–Crippen MR) is 117 cm³/mol. The van der Waals surface area contributed by atoms with Gasteiger partial charge in [0.15, 0.2) is 0 Å². The largest absolute Gasteiger partial charge is 0.507 e. The van der Waals surface area contributed by atoms with Crippen LogP contribution in [0.2, 0.25) is 0 Å². The molecule has 3 heteroatoms.